The number of halogens is 1. The molecular weight excluding hydrogens is 157 g/mol. The molecule has 0 aromatic carbocycles. The predicted molar refractivity (Wildman–Crippen MR) is 43.4 cm³/mol. The molecule has 2 saturated carbocycles. The Labute approximate surface area is 71.5 Å². The molecule has 12 heavy (non-hydrogen) atoms. The lowest BCUT2D eigenvalue weighted by Crippen LogP contribution is -2.49. The summed E-state index contributed by atoms with van der Waals surface area (Å²) in [4.78, 5) is 11.3. The summed E-state index contributed by atoms with van der Waals surface area (Å²) in [6, 6.07) is 0.255. The summed E-state index contributed by atoms with van der Waals surface area (Å²) in [7, 11) is 0. The first-order chi connectivity index (χ1) is 5.62. The van der Waals surface area contributed by atoms with Gasteiger partial charge in [0.05, 0.1) is 0 Å². The van der Waals surface area contributed by atoms with E-state index in [4.69, 9.17) is 0 Å². The number of rotatable bonds is 2. The number of alkyl halides is 1. The molecule has 68 valence electrons. The Bertz CT molecular complexity index is 213. The van der Waals surface area contributed by atoms with E-state index in [0.29, 0.717) is 18.8 Å². The minimum Gasteiger partial charge on any atom is -0.350 e. The Morgan fingerprint density at radius 2 is 2.17 bits per heavy atom. The molecule has 2 fully saturated rings. The number of carbonyl (C=O) groups is 1. The van der Waals surface area contributed by atoms with Crippen molar-refractivity contribution in [3.63, 3.8) is 0 Å². The van der Waals surface area contributed by atoms with E-state index in [-0.39, 0.29) is 11.9 Å². The van der Waals surface area contributed by atoms with Gasteiger partial charge in [-0.2, -0.15) is 0 Å². The number of amides is 1. The van der Waals surface area contributed by atoms with E-state index >= 15 is 0 Å². The lowest BCUT2D eigenvalue weighted by Gasteiger charge is -2.32. The highest BCUT2D eigenvalue weighted by molar-refractivity contribution is 5.86. The molecule has 0 aliphatic heterocycles. The Morgan fingerprint density at radius 1 is 1.58 bits per heavy atom. The highest BCUT2D eigenvalue weighted by Gasteiger charge is 2.47. The molecule has 0 aromatic heterocycles. The average molecular weight is 171 g/mol. The summed E-state index contributed by atoms with van der Waals surface area (Å²) in [6.07, 6.45) is 2.70. The molecule has 1 amide bonds. The molecular formula is C9H14FNO. The first-order valence-corrected chi connectivity index (χ1v) is 4.62. The Kier molecular flexibility index (Phi) is 1.63. The smallest absolute Gasteiger partial charge is 0.257 e. The van der Waals surface area contributed by atoms with Crippen LogP contribution in [-0.2, 0) is 4.79 Å². The van der Waals surface area contributed by atoms with Crippen LogP contribution in [0.4, 0.5) is 4.39 Å². The zero-order valence-corrected chi connectivity index (χ0v) is 7.27. The fourth-order valence-corrected chi connectivity index (χ4v) is 1.54. The maximum absolute atomic E-state index is 13.4. The van der Waals surface area contributed by atoms with Gasteiger partial charge in [-0.05, 0) is 31.6 Å². The standard InChI is InChI=1S/C9H14FNO/c1-6-5-7(6)11-8(12)9(10)3-2-4-9/h6-7H,2-5H2,1H3,(H,11,12)/t6-,7-/m1/s1. The van der Waals surface area contributed by atoms with Crippen LogP contribution in [0.3, 0.4) is 0 Å². The fourth-order valence-electron chi connectivity index (χ4n) is 1.54. The van der Waals surface area contributed by atoms with Gasteiger partial charge in [0.25, 0.3) is 5.91 Å². The minimum atomic E-state index is -1.51. The SMILES string of the molecule is C[C@@H]1C[C@H]1NC(=O)C1(F)CCC1. The van der Waals surface area contributed by atoms with Crippen LogP contribution in [0.5, 0.6) is 0 Å². The molecule has 0 spiro atoms. The van der Waals surface area contributed by atoms with Gasteiger partial charge >= 0.3 is 0 Å². The number of carbonyl (C=O) groups excluding carboxylic acids is 1. The topological polar surface area (TPSA) is 29.1 Å². The molecule has 2 aliphatic carbocycles. The van der Waals surface area contributed by atoms with Crippen molar-refractivity contribution in [1.82, 2.24) is 5.32 Å². The van der Waals surface area contributed by atoms with Crippen molar-refractivity contribution in [2.75, 3.05) is 0 Å². The third-order valence-electron chi connectivity index (χ3n) is 2.98. The van der Waals surface area contributed by atoms with Crippen molar-refractivity contribution in [3.8, 4) is 0 Å². The molecule has 0 unspecified atom stereocenters. The summed E-state index contributed by atoms with van der Waals surface area (Å²) >= 11 is 0. The van der Waals surface area contributed by atoms with E-state index in [1.165, 1.54) is 0 Å². The quantitative estimate of drug-likeness (QED) is 0.668. The molecule has 2 rings (SSSR count). The molecule has 0 heterocycles. The Balaban J connectivity index is 1.84. The van der Waals surface area contributed by atoms with Crippen molar-refractivity contribution in [1.29, 1.82) is 0 Å². The normalized spacial score (nSPS) is 36.8. The molecule has 2 aliphatic rings. The maximum atomic E-state index is 13.4. The Hall–Kier alpha value is -0.600. The zero-order chi connectivity index (χ0) is 8.77. The lowest BCUT2D eigenvalue weighted by atomic mass is 9.81. The van der Waals surface area contributed by atoms with Gasteiger partial charge in [-0.1, -0.05) is 6.92 Å². The van der Waals surface area contributed by atoms with Crippen LogP contribution in [0.25, 0.3) is 0 Å². The largest absolute Gasteiger partial charge is 0.350 e. The van der Waals surface area contributed by atoms with Crippen LogP contribution >= 0.6 is 0 Å². The second-order valence-electron chi connectivity index (χ2n) is 4.11. The predicted octanol–water partition coefficient (Wildman–Crippen LogP) is 1.40. The van der Waals surface area contributed by atoms with E-state index in [9.17, 15) is 9.18 Å². The summed E-state index contributed by atoms with van der Waals surface area (Å²) < 4.78 is 13.4. The molecule has 0 radical (unpaired) electrons. The lowest BCUT2D eigenvalue weighted by molar-refractivity contribution is -0.138. The van der Waals surface area contributed by atoms with Crippen molar-refractivity contribution in [2.45, 2.75) is 44.3 Å². The molecule has 1 N–H and O–H groups in total. The molecule has 0 aromatic rings. The van der Waals surface area contributed by atoms with E-state index in [2.05, 4.69) is 12.2 Å². The Morgan fingerprint density at radius 3 is 2.50 bits per heavy atom. The monoisotopic (exact) mass is 171 g/mol. The van der Waals surface area contributed by atoms with Crippen LogP contribution in [-0.4, -0.2) is 17.6 Å². The molecule has 0 saturated heterocycles. The summed E-state index contributed by atoms with van der Waals surface area (Å²) in [6.45, 7) is 2.07. The molecule has 0 bridgehead atoms. The van der Waals surface area contributed by atoms with Gasteiger partial charge in [0.2, 0.25) is 0 Å². The maximum Gasteiger partial charge on any atom is 0.257 e. The summed E-state index contributed by atoms with van der Waals surface area (Å²) in [5.41, 5.74) is -1.51. The van der Waals surface area contributed by atoms with Crippen LogP contribution in [0.1, 0.15) is 32.6 Å². The van der Waals surface area contributed by atoms with E-state index in [1.54, 1.807) is 0 Å². The van der Waals surface area contributed by atoms with Crippen LogP contribution < -0.4 is 5.32 Å². The van der Waals surface area contributed by atoms with Crippen LogP contribution in [0.15, 0.2) is 0 Å². The van der Waals surface area contributed by atoms with Crippen molar-refractivity contribution in [2.24, 2.45) is 5.92 Å². The average Bonchev–Trinajstić information content (AvgIpc) is 2.61. The fraction of sp³-hybridized carbons (Fsp3) is 0.889. The second-order valence-corrected chi connectivity index (χ2v) is 4.11. The van der Waals surface area contributed by atoms with Gasteiger partial charge in [-0.3, -0.25) is 4.79 Å². The first-order valence-electron chi connectivity index (χ1n) is 4.62. The van der Waals surface area contributed by atoms with Crippen molar-refractivity contribution in [3.05, 3.63) is 0 Å². The van der Waals surface area contributed by atoms with E-state index in [1.807, 2.05) is 0 Å². The van der Waals surface area contributed by atoms with Crippen molar-refractivity contribution < 1.29 is 9.18 Å². The van der Waals surface area contributed by atoms with Crippen molar-refractivity contribution >= 4 is 5.91 Å². The zero-order valence-electron chi connectivity index (χ0n) is 7.27. The van der Waals surface area contributed by atoms with Gasteiger partial charge < -0.3 is 5.32 Å². The molecule has 3 heteroatoms. The molecule has 2 nitrogen and oxygen atoms in total. The third-order valence-corrected chi connectivity index (χ3v) is 2.98. The third kappa shape index (κ3) is 1.21. The molecule has 2 atom stereocenters. The highest BCUT2D eigenvalue weighted by atomic mass is 19.1. The minimum absolute atomic E-state index is 0.255. The van der Waals surface area contributed by atoms with E-state index < -0.39 is 5.67 Å². The number of nitrogens with one attached hydrogen (secondary N) is 1. The number of hydrogen-bond acceptors (Lipinski definition) is 1. The van der Waals surface area contributed by atoms with Gasteiger partial charge in [-0.15, -0.1) is 0 Å². The van der Waals surface area contributed by atoms with Gasteiger partial charge in [0.15, 0.2) is 5.67 Å². The summed E-state index contributed by atoms with van der Waals surface area (Å²) in [5, 5.41) is 2.73. The first kappa shape index (κ1) is 8.02. The number of hydrogen-bond donors (Lipinski definition) is 1. The van der Waals surface area contributed by atoms with Crippen LogP contribution in [0, 0.1) is 5.92 Å². The van der Waals surface area contributed by atoms with Gasteiger partial charge in [0.1, 0.15) is 0 Å². The highest BCUT2D eigenvalue weighted by Crippen LogP contribution is 2.37. The van der Waals surface area contributed by atoms with Crippen LogP contribution in [0.2, 0.25) is 0 Å². The van der Waals surface area contributed by atoms with Gasteiger partial charge in [0, 0.05) is 6.04 Å². The second kappa shape index (κ2) is 2.44. The summed E-state index contributed by atoms with van der Waals surface area (Å²) in [5.74, 6) is 0.181. The van der Waals surface area contributed by atoms with Gasteiger partial charge in [-0.25, -0.2) is 4.39 Å². The van der Waals surface area contributed by atoms with E-state index in [0.717, 1.165) is 12.8 Å².